The van der Waals surface area contributed by atoms with E-state index in [-0.39, 0.29) is 5.69 Å². The summed E-state index contributed by atoms with van der Waals surface area (Å²) in [5.74, 6) is 0. The highest BCUT2D eigenvalue weighted by atomic mass is 35.5. The maximum absolute atomic E-state index is 11.8. The van der Waals surface area contributed by atoms with Crippen molar-refractivity contribution in [3.63, 3.8) is 0 Å². The zero-order valence-electron chi connectivity index (χ0n) is 6.35. The number of hydrazine groups is 1. The van der Waals surface area contributed by atoms with Crippen LogP contribution in [-0.2, 0) is 0 Å². The van der Waals surface area contributed by atoms with Crippen molar-refractivity contribution >= 4 is 17.5 Å². The monoisotopic (exact) mass is 210 g/mol. The van der Waals surface area contributed by atoms with Gasteiger partial charge in [-0.15, -0.1) is 5.43 Å². The van der Waals surface area contributed by atoms with Crippen LogP contribution in [0.3, 0.4) is 0 Å². The number of alkyl halides is 3. The number of hydrogen-bond donors (Lipinski definition) is 1. The minimum atomic E-state index is -4.53. The fraction of sp³-hybridized carbons (Fsp3) is 0.143. The van der Waals surface area contributed by atoms with Crippen molar-refractivity contribution in [3.05, 3.63) is 30.3 Å². The number of hydrogen-bond acceptors (Lipinski definition) is 2. The molecule has 6 heteroatoms. The SMILES string of the molecule is FC(F)(F)NN(Cl)c1ccccc1. The van der Waals surface area contributed by atoms with Gasteiger partial charge in [0, 0.05) is 11.8 Å². The van der Waals surface area contributed by atoms with Gasteiger partial charge in [0.25, 0.3) is 0 Å². The van der Waals surface area contributed by atoms with Crippen LogP contribution in [0.1, 0.15) is 0 Å². The molecule has 0 radical (unpaired) electrons. The first kappa shape index (κ1) is 10.1. The van der Waals surface area contributed by atoms with Crippen LogP contribution in [0.5, 0.6) is 0 Å². The van der Waals surface area contributed by atoms with E-state index in [4.69, 9.17) is 11.8 Å². The number of nitrogens with zero attached hydrogens (tertiary/aromatic N) is 1. The Hall–Kier alpha value is -0.940. The number of nitrogens with one attached hydrogen (secondary N) is 1. The van der Waals surface area contributed by atoms with Gasteiger partial charge >= 0.3 is 6.30 Å². The van der Waals surface area contributed by atoms with E-state index in [0.717, 1.165) is 5.43 Å². The highest BCUT2D eigenvalue weighted by Gasteiger charge is 2.29. The maximum atomic E-state index is 11.8. The lowest BCUT2D eigenvalue weighted by atomic mass is 10.3. The lowest BCUT2D eigenvalue weighted by molar-refractivity contribution is -0.155. The molecule has 0 fully saturated rings. The van der Waals surface area contributed by atoms with Gasteiger partial charge in [-0.1, -0.05) is 18.2 Å². The van der Waals surface area contributed by atoms with E-state index in [9.17, 15) is 13.2 Å². The first-order valence-corrected chi connectivity index (χ1v) is 3.68. The summed E-state index contributed by atoms with van der Waals surface area (Å²) in [4.78, 5) is 0. The van der Waals surface area contributed by atoms with Crippen molar-refractivity contribution in [3.8, 4) is 0 Å². The van der Waals surface area contributed by atoms with E-state index >= 15 is 0 Å². The molecule has 0 bridgehead atoms. The van der Waals surface area contributed by atoms with E-state index in [1.54, 1.807) is 18.2 Å². The predicted octanol–water partition coefficient (Wildman–Crippen LogP) is 2.67. The molecule has 2 nitrogen and oxygen atoms in total. The average molecular weight is 211 g/mol. The van der Waals surface area contributed by atoms with E-state index < -0.39 is 6.30 Å². The molecule has 0 atom stereocenters. The van der Waals surface area contributed by atoms with Crippen molar-refractivity contribution in [2.75, 3.05) is 4.53 Å². The van der Waals surface area contributed by atoms with Gasteiger partial charge in [0.1, 0.15) is 0 Å². The van der Waals surface area contributed by atoms with Crippen molar-refractivity contribution < 1.29 is 13.2 Å². The molecule has 1 rings (SSSR count). The summed E-state index contributed by atoms with van der Waals surface area (Å²) in [6, 6.07) is 7.75. The van der Waals surface area contributed by atoms with Crippen LogP contribution in [-0.4, -0.2) is 6.30 Å². The fourth-order valence-electron chi connectivity index (χ4n) is 0.735. The zero-order valence-corrected chi connectivity index (χ0v) is 7.10. The standard InChI is InChI=1S/C7H6ClF3N2/c8-13(12-7(9,10)11)6-4-2-1-3-5-6/h1-5,12H. The Morgan fingerprint density at radius 2 is 1.69 bits per heavy atom. The predicted molar refractivity (Wildman–Crippen MR) is 44.0 cm³/mol. The van der Waals surface area contributed by atoms with Crippen molar-refractivity contribution in [1.29, 1.82) is 0 Å². The molecule has 0 aliphatic rings. The summed E-state index contributed by atoms with van der Waals surface area (Å²) in [6.07, 6.45) is -4.53. The highest BCUT2D eigenvalue weighted by molar-refractivity contribution is 6.25. The van der Waals surface area contributed by atoms with Gasteiger partial charge in [0.15, 0.2) is 0 Å². The molecule has 13 heavy (non-hydrogen) atoms. The van der Waals surface area contributed by atoms with Crippen LogP contribution in [0, 0.1) is 0 Å². The third-order valence-corrected chi connectivity index (χ3v) is 1.49. The van der Waals surface area contributed by atoms with E-state index in [1.807, 2.05) is 0 Å². The van der Waals surface area contributed by atoms with Gasteiger partial charge in [-0.3, -0.25) is 0 Å². The van der Waals surface area contributed by atoms with Crippen LogP contribution in [0.15, 0.2) is 30.3 Å². The van der Waals surface area contributed by atoms with Crippen LogP contribution in [0.4, 0.5) is 18.9 Å². The fourth-order valence-corrected chi connectivity index (χ4v) is 0.943. The number of para-hydroxylation sites is 1. The first-order chi connectivity index (χ1) is 5.99. The topological polar surface area (TPSA) is 15.3 Å². The summed E-state index contributed by atoms with van der Waals surface area (Å²) in [7, 11) is 0. The second-order valence-electron chi connectivity index (χ2n) is 2.23. The van der Waals surface area contributed by atoms with Crippen LogP contribution in [0.25, 0.3) is 0 Å². The van der Waals surface area contributed by atoms with Gasteiger partial charge in [-0.05, 0) is 12.1 Å². The summed E-state index contributed by atoms with van der Waals surface area (Å²) in [5, 5.41) is 0. The third-order valence-electron chi connectivity index (χ3n) is 1.21. The Morgan fingerprint density at radius 3 is 2.15 bits per heavy atom. The van der Waals surface area contributed by atoms with Gasteiger partial charge in [-0.25, -0.2) is 4.53 Å². The largest absolute Gasteiger partial charge is 0.476 e. The van der Waals surface area contributed by atoms with Crippen molar-refractivity contribution in [2.24, 2.45) is 0 Å². The average Bonchev–Trinajstić information content (AvgIpc) is 2.03. The maximum Gasteiger partial charge on any atom is 0.476 e. The number of halogens is 4. The minimum Gasteiger partial charge on any atom is -0.210 e. The molecule has 0 spiro atoms. The molecule has 0 aromatic heterocycles. The Balaban J connectivity index is 2.64. The smallest absolute Gasteiger partial charge is 0.210 e. The molecule has 1 aromatic rings. The van der Waals surface area contributed by atoms with Crippen LogP contribution < -0.4 is 9.95 Å². The van der Waals surface area contributed by atoms with Crippen molar-refractivity contribution in [1.82, 2.24) is 5.43 Å². The second-order valence-corrected chi connectivity index (χ2v) is 2.56. The Bertz CT molecular complexity index is 262. The molecule has 0 aliphatic heterocycles. The lowest BCUT2D eigenvalue weighted by Crippen LogP contribution is -2.41. The molecular weight excluding hydrogens is 205 g/mol. The lowest BCUT2D eigenvalue weighted by Gasteiger charge is -2.18. The molecule has 1 aromatic carbocycles. The quantitative estimate of drug-likeness (QED) is 0.459. The zero-order chi connectivity index (χ0) is 9.90. The van der Waals surface area contributed by atoms with Gasteiger partial charge in [-0.2, -0.15) is 13.2 Å². The second kappa shape index (κ2) is 3.85. The molecule has 1 N–H and O–H groups in total. The highest BCUT2D eigenvalue weighted by Crippen LogP contribution is 2.18. The van der Waals surface area contributed by atoms with E-state index in [1.165, 1.54) is 12.1 Å². The van der Waals surface area contributed by atoms with Crippen molar-refractivity contribution in [2.45, 2.75) is 6.30 Å². The molecular formula is C7H6ClF3N2. The normalized spacial score (nSPS) is 11.4. The molecule has 0 saturated heterocycles. The Labute approximate surface area is 78.0 Å². The van der Waals surface area contributed by atoms with E-state index in [2.05, 4.69) is 0 Å². The van der Waals surface area contributed by atoms with Crippen LogP contribution >= 0.6 is 11.8 Å². The molecule has 72 valence electrons. The summed E-state index contributed by atoms with van der Waals surface area (Å²) in [5.41, 5.74) is 1.36. The summed E-state index contributed by atoms with van der Waals surface area (Å²) < 4.78 is 35.7. The molecule has 0 heterocycles. The van der Waals surface area contributed by atoms with Gasteiger partial charge < -0.3 is 0 Å². The summed E-state index contributed by atoms with van der Waals surface area (Å²) in [6.45, 7) is 0. The van der Waals surface area contributed by atoms with Gasteiger partial charge in [0.05, 0.1) is 5.69 Å². The third kappa shape index (κ3) is 3.52. The number of benzene rings is 1. The number of anilines is 1. The summed E-state index contributed by atoms with van der Waals surface area (Å²) >= 11 is 5.29. The molecule has 0 amide bonds. The Kier molecular flexibility index (Phi) is 3.00. The Morgan fingerprint density at radius 1 is 1.15 bits per heavy atom. The molecule has 0 saturated carbocycles. The minimum absolute atomic E-state index is 0.224. The molecule has 0 aliphatic carbocycles. The molecule has 0 unspecified atom stereocenters. The number of rotatable bonds is 2. The van der Waals surface area contributed by atoms with Crippen LogP contribution in [0.2, 0.25) is 0 Å². The van der Waals surface area contributed by atoms with Gasteiger partial charge in [0.2, 0.25) is 0 Å². The van der Waals surface area contributed by atoms with E-state index in [0.29, 0.717) is 4.53 Å². The first-order valence-electron chi connectivity index (χ1n) is 3.34.